The fraction of sp³-hybridized carbons (Fsp3) is 0.429. The first-order chi connectivity index (χ1) is 17.4. The number of benzene rings is 2. The molecule has 8 nitrogen and oxygen atoms in total. The molecule has 1 amide bonds. The fourth-order valence-electron chi connectivity index (χ4n) is 4.80. The van der Waals surface area contributed by atoms with Crippen molar-refractivity contribution in [2.75, 3.05) is 53.1 Å². The zero-order chi connectivity index (χ0) is 25.7. The van der Waals surface area contributed by atoms with Gasteiger partial charge in [0.2, 0.25) is 0 Å². The zero-order valence-corrected chi connectivity index (χ0v) is 21.2. The summed E-state index contributed by atoms with van der Waals surface area (Å²) in [6, 6.07) is 11.8. The molecule has 2 heterocycles. The van der Waals surface area contributed by atoms with Crippen LogP contribution < -0.4 is 9.47 Å². The summed E-state index contributed by atoms with van der Waals surface area (Å²) in [4.78, 5) is 30.3. The minimum atomic E-state index is -0.688. The Labute approximate surface area is 212 Å². The number of likely N-dealkylation sites (tertiary alicyclic amines) is 1. The molecule has 0 aromatic heterocycles. The Balaban J connectivity index is 1.68. The minimum Gasteiger partial charge on any atom is -0.507 e. The van der Waals surface area contributed by atoms with Crippen molar-refractivity contribution in [1.82, 2.24) is 9.80 Å². The van der Waals surface area contributed by atoms with Crippen LogP contribution in [0.4, 0.5) is 0 Å². The first-order valence-electron chi connectivity index (χ1n) is 12.4. The Kier molecular flexibility index (Phi) is 8.28. The first-order valence-corrected chi connectivity index (χ1v) is 12.4. The molecule has 2 aromatic rings. The number of Topliss-reactive ketones (excluding diaryl/α,β-unsaturated/α-hetero) is 1. The molecule has 2 aliphatic rings. The van der Waals surface area contributed by atoms with Gasteiger partial charge in [0, 0.05) is 31.7 Å². The predicted molar refractivity (Wildman–Crippen MR) is 136 cm³/mol. The number of rotatable bonds is 9. The molecule has 2 fully saturated rings. The van der Waals surface area contributed by atoms with Crippen LogP contribution >= 0.6 is 0 Å². The second-order valence-corrected chi connectivity index (χ2v) is 8.99. The molecule has 1 N–H and O–H groups in total. The number of methoxy groups -OCH3 is 1. The van der Waals surface area contributed by atoms with Gasteiger partial charge in [-0.3, -0.25) is 14.5 Å². The molecule has 2 aromatic carbocycles. The number of nitrogens with zero attached hydrogens (tertiary/aromatic N) is 2. The molecule has 0 bridgehead atoms. The lowest BCUT2D eigenvalue weighted by atomic mass is 9.94. The van der Waals surface area contributed by atoms with Gasteiger partial charge in [-0.05, 0) is 61.7 Å². The second kappa shape index (κ2) is 11.6. The number of morpholine rings is 1. The Morgan fingerprint density at radius 1 is 1.08 bits per heavy atom. The third-order valence-electron chi connectivity index (χ3n) is 6.70. The molecule has 0 radical (unpaired) electrons. The number of hydrogen-bond acceptors (Lipinski definition) is 7. The number of amides is 1. The second-order valence-electron chi connectivity index (χ2n) is 8.99. The highest BCUT2D eigenvalue weighted by Gasteiger charge is 2.45. The van der Waals surface area contributed by atoms with Crippen molar-refractivity contribution in [2.24, 2.45) is 0 Å². The molecule has 2 aliphatic heterocycles. The van der Waals surface area contributed by atoms with Gasteiger partial charge in [-0.25, -0.2) is 0 Å². The summed E-state index contributed by atoms with van der Waals surface area (Å²) in [7, 11) is 1.58. The van der Waals surface area contributed by atoms with Crippen LogP contribution in [0.2, 0.25) is 0 Å². The molecule has 2 saturated heterocycles. The highest BCUT2D eigenvalue weighted by atomic mass is 16.5. The Hall–Kier alpha value is -3.36. The summed E-state index contributed by atoms with van der Waals surface area (Å²) < 4.78 is 16.3. The van der Waals surface area contributed by atoms with Crippen molar-refractivity contribution >= 4 is 17.4 Å². The summed E-state index contributed by atoms with van der Waals surface area (Å²) >= 11 is 0. The lowest BCUT2D eigenvalue weighted by Gasteiger charge is -2.29. The van der Waals surface area contributed by atoms with Gasteiger partial charge in [-0.1, -0.05) is 12.1 Å². The molecule has 192 valence electrons. The van der Waals surface area contributed by atoms with Gasteiger partial charge in [0.05, 0.1) is 38.5 Å². The molecule has 0 saturated carbocycles. The molecule has 1 atom stereocenters. The van der Waals surface area contributed by atoms with Crippen LogP contribution in [0.3, 0.4) is 0 Å². The van der Waals surface area contributed by atoms with E-state index >= 15 is 0 Å². The SMILES string of the molecule is CCOc1ccc(/C(O)=C2\C(=O)C(=O)N(CCCN3CCOCC3)C2c2ccc(OC)cc2)cc1C. The van der Waals surface area contributed by atoms with E-state index in [0.717, 1.165) is 30.8 Å². The zero-order valence-electron chi connectivity index (χ0n) is 21.2. The summed E-state index contributed by atoms with van der Waals surface area (Å²) in [6.07, 6.45) is 0.710. The maximum absolute atomic E-state index is 13.3. The van der Waals surface area contributed by atoms with E-state index < -0.39 is 17.7 Å². The number of carbonyl (C=O) groups excluding carboxylic acids is 2. The van der Waals surface area contributed by atoms with Gasteiger partial charge < -0.3 is 24.2 Å². The third kappa shape index (κ3) is 5.39. The smallest absolute Gasteiger partial charge is 0.295 e. The number of carbonyl (C=O) groups is 2. The van der Waals surface area contributed by atoms with Crippen LogP contribution in [0.25, 0.3) is 5.76 Å². The van der Waals surface area contributed by atoms with Crippen LogP contribution in [0.15, 0.2) is 48.0 Å². The van der Waals surface area contributed by atoms with Gasteiger partial charge >= 0.3 is 0 Å². The average Bonchev–Trinajstić information content (AvgIpc) is 3.15. The number of hydrogen-bond donors (Lipinski definition) is 1. The van der Waals surface area contributed by atoms with Gasteiger partial charge in [0.25, 0.3) is 11.7 Å². The quantitative estimate of drug-likeness (QED) is 0.324. The van der Waals surface area contributed by atoms with E-state index in [9.17, 15) is 14.7 Å². The number of aliphatic hydroxyl groups excluding tert-OH is 1. The van der Waals surface area contributed by atoms with E-state index in [2.05, 4.69) is 4.90 Å². The van der Waals surface area contributed by atoms with Crippen molar-refractivity contribution in [2.45, 2.75) is 26.3 Å². The summed E-state index contributed by atoms with van der Waals surface area (Å²) in [5.74, 6) is -0.0706. The van der Waals surface area contributed by atoms with Crippen molar-refractivity contribution in [3.05, 3.63) is 64.7 Å². The normalized spacial score (nSPS) is 20.1. The molecule has 0 aliphatic carbocycles. The summed E-state index contributed by atoms with van der Waals surface area (Å²) in [5, 5.41) is 11.3. The molecular formula is C28H34N2O6. The van der Waals surface area contributed by atoms with Gasteiger partial charge in [-0.2, -0.15) is 0 Å². The van der Waals surface area contributed by atoms with Crippen molar-refractivity contribution in [3.63, 3.8) is 0 Å². The van der Waals surface area contributed by atoms with Crippen molar-refractivity contribution in [3.8, 4) is 11.5 Å². The van der Waals surface area contributed by atoms with E-state index in [0.29, 0.717) is 49.8 Å². The van der Waals surface area contributed by atoms with Crippen LogP contribution in [-0.2, 0) is 14.3 Å². The number of aliphatic hydroxyl groups is 1. The highest BCUT2D eigenvalue weighted by Crippen LogP contribution is 2.40. The van der Waals surface area contributed by atoms with Gasteiger partial charge in [-0.15, -0.1) is 0 Å². The number of aryl methyl sites for hydroxylation is 1. The van der Waals surface area contributed by atoms with Crippen LogP contribution in [0, 0.1) is 6.92 Å². The van der Waals surface area contributed by atoms with Crippen LogP contribution in [0.5, 0.6) is 11.5 Å². The van der Waals surface area contributed by atoms with Crippen LogP contribution in [0.1, 0.15) is 36.1 Å². The van der Waals surface area contributed by atoms with Crippen LogP contribution in [-0.4, -0.2) is 79.7 Å². The maximum Gasteiger partial charge on any atom is 0.295 e. The molecule has 36 heavy (non-hydrogen) atoms. The predicted octanol–water partition coefficient (Wildman–Crippen LogP) is 3.55. The Morgan fingerprint density at radius 3 is 2.44 bits per heavy atom. The average molecular weight is 495 g/mol. The fourth-order valence-corrected chi connectivity index (χ4v) is 4.80. The van der Waals surface area contributed by atoms with E-state index in [-0.39, 0.29) is 11.3 Å². The topological polar surface area (TPSA) is 88.5 Å². The summed E-state index contributed by atoms with van der Waals surface area (Å²) in [6.45, 7) is 8.65. The van der Waals surface area contributed by atoms with Gasteiger partial charge in [0.1, 0.15) is 17.3 Å². The Bertz CT molecular complexity index is 1120. The third-order valence-corrected chi connectivity index (χ3v) is 6.70. The molecule has 4 rings (SSSR count). The number of ether oxygens (including phenoxy) is 3. The monoisotopic (exact) mass is 494 g/mol. The van der Waals surface area contributed by atoms with Crippen molar-refractivity contribution < 1.29 is 28.9 Å². The molecule has 1 unspecified atom stereocenters. The lowest BCUT2D eigenvalue weighted by Crippen LogP contribution is -2.38. The highest BCUT2D eigenvalue weighted by molar-refractivity contribution is 6.46. The standard InChI is InChI=1S/C28H34N2O6/c1-4-36-23-11-8-21(18-19(23)2)26(31)24-25(20-6-9-22(34-3)10-7-20)30(28(33)27(24)32)13-5-12-29-14-16-35-17-15-29/h6-11,18,25,31H,4-5,12-17H2,1-3H3/b26-24+. The van der Waals surface area contributed by atoms with E-state index in [1.807, 2.05) is 26.0 Å². The lowest BCUT2D eigenvalue weighted by molar-refractivity contribution is -0.140. The maximum atomic E-state index is 13.3. The minimum absolute atomic E-state index is 0.0973. The van der Waals surface area contributed by atoms with E-state index in [1.165, 1.54) is 0 Å². The first kappa shape index (κ1) is 25.7. The Morgan fingerprint density at radius 2 is 1.81 bits per heavy atom. The number of ketones is 1. The molecular weight excluding hydrogens is 460 g/mol. The van der Waals surface area contributed by atoms with E-state index in [4.69, 9.17) is 14.2 Å². The largest absolute Gasteiger partial charge is 0.507 e. The molecule has 8 heteroatoms. The summed E-state index contributed by atoms with van der Waals surface area (Å²) in [5.41, 5.74) is 2.15. The van der Waals surface area contributed by atoms with Crippen molar-refractivity contribution in [1.29, 1.82) is 0 Å². The van der Waals surface area contributed by atoms with Gasteiger partial charge in [0.15, 0.2) is 0 Å². The van der Waals surface area contributed by atoms with E-state index in [1.54, 1.807) is 42.3 Å². The molecule has 0 spiro atoms.